The number of ether oxygens (including phenoxy) is 2. The SMILES string of the molecule is C=C(C)C(=O)OCC(C#N)C(=O)Oc1ccccc1. The molecule has 0 spiro atoms. The molecule has 0 aromatic heterocycles. The summed E-state index contributed by atoms with van der Waals surface area (Å²) in [6, 6.07) is 10.1. The fraction of sp³-hybridized carbons (Fsp3) is 0.214. The van der Waals surface area contributed by atoms with Gasteiger partial charge >= 0.3 is 11.9 Å². The molecule has 0 fully saturated rings. The van der Waals surface area contributed by atoms with Gasteiger partial charge in [-0.25, -0.2) is 4.79 Å². The van der Waals surface area contributed by atoms with Crippen LogP contribution in [0, 0.1) is 17.2 Å². The number of hydrogen-bond donors (Lipinski definition) is 0. The summed E-state index contributed by atoms with van der Waals surface area (Å²) in [5.74, 6) is -2.24. The largest absolute Gasteiger partial charge is 0.460 e. The second-order valence-electron chi connectivity index (χ2n) is 3.79. The Balaban J connectivity index is 2.56. The first kappa shape index (κ1) is 14.5. The molecule has 1 rings (SSSR count). The van der Waals surface area contributed by atoms with Crippen molar-refractivity contribution in [1.82, 2.24) is 0 Å². The van der Waals surface area contributed by atoms with E-state index >= 15 is 0 Å². The maximum absolute atomic E-state index is 11.7. The van der Waals surface area contributed by atoms with Crippen LogP contribution in [0.3, 0.4) is 0 Å². The number of carbonyl (C=O) groups is 2. The van der Waals surface area contributed by atoms with E-state index in [1.165, 1.54) is 6.92 Å². The topological polar surface area (TPSA) is 76.4 Å². The second kappa shape index (κ2) is 6.97. The molecule has 1 aromatic carbocycles. The monoisotopic (exact) mass is 259 g/mol. The van der Waals surface area contributed by atoms with E-state index in [9.17, 15) is 9.59 Å². The van der Waals surface area contributed by atoms with Gasteiger partial charge in [-0.1, -0.05) is 24.8 Å². The van der Waals surface area contributed by atoms with Gasteiger partial charge in [0.25, 0.3) is 0 Å². The Hall–Kier alpha value is -2.61. The molecule has 1 atom stereocenters. The van der Waals surface area contributed by atoms with Gasteiger partial charge in [-0.05, 0) is 19.1 Å². The Morgan fingerprint density at radius 1 is 1.37 bits per heavy atom. The predicted molar refractivity (Wildman–Crippen MR) is 67.0 cm³/mol. The number of benzene rings is 1. The number of hydrogen-bond acceptors (Lipinski definition) is 5. The third-order valence-electron chi connectivity index (χ3n) is 2.13. The van der Waals surface area contributed by atoms with Crippen LogP contribution in [0.4, 0.5) is 0 Å². The molecule has 0 saturated heterocycles. The third kappa shape index (κ3) is 4.64. The lowest BCUT2D eigenvalue weighted by Gasteiger charge is -2.09. The lowest BCUT2D eigenvalue weighted by Crippen LogP contribution is -2.25. The van der Waals surface area contributed by atoms with Crippen molar-refractivity contribution in [3.63, 3.8) is 0 Å². The van der Waals surface area contributed by atoms with Gasteiger partial charge in [-0.2, -0.15) is 5.26 Å². The van der Waals surface area contributed by atoms with Gasteiger partial charge in [-0.15, -0.1) is 0 Å². The molecule has 1 unspecified atom stereocenters. The van der Waals surface area contributed by atoms with E-state index in [1.807, 2.05) is 0 Å². The van der Waals surface area contributed by atoms with Crippen molar-refractivity contribution < 1.29 is 19.1 Å². The molecule has 0 N–H and O–H groups in total. The number of esters is 2. The molecule has 5 nitrogen and oxygen atoms in total. The molecule has 0 bridgehead atoms. The highest BCUT2D eigenvalue weighted by molar-refractivity contribution is 5.87. The number of carbonyl (C=O) groups excluding carboxylic acids is 2. The van der Waals surface area contributed by atoms with E-state index in [0.29, 0.717) is 5.75 Å². The Morgan fingerprint density at radius 2 is 2.00 bits per heavy atom. The Morgan fingerprint density at radius 3 is 2.53 bits per heavy atom. The highest BCUT2D eigenvalue weighted by Crippen LogP contribution is 2.11. The summed E-state index contributed by atoms with van der Waals surface area (Å²) in [4.78, 5) is 22.8. The minimum Gasteiger partial charge on any atom is -0.460 e. The summed E-state index contributed by atoms with van der Waals surface area (Å²) < 4.78 is 9.74. The quantitative estimate of drug-likeness (QED) is 0.458. The molecule has 0 heterocycles. The Bertz CT molecular complexity index is 516. The molecule has 19 heavy (non-hydrogen) atoms. The van der Waals surface area contributed by atoms with Crippen molar-refractivity contribution in [3.05, 3.63) is 42.5 Å². The predicted octanol–water partition coefficient (Wildman–Crippen LogP) is 1.85. The number of nitrogens with zero attached hydrogens (tertiary/aromatic N) is 1. The van der Waals surface area contributed by atoms with Gasteiger partial charge < -0.3 is 9.47 Å². The van der Waals surface area contributed by atoms with Crippen molar-refractivity contribution in [2.75, 3.05) is 6.61 Å². The minimum absolute atomic E-state index is 0.202. The smallest absolute Gasteiger partial charge is 0.333 e. The first-order valence-electron chi connectivity index (χ1n) is 5.53. The minimum atomic E-state index is -1.16. The summed E-state index contributed by atoms with van der Waals surface area (Å²) in [6.07, 6.45) is 0. The molecule has 0 aliphatic heterocycles. The van der Waals surface area contributed by atoms with Gasteiger partial charge in [0.2, 0.25) is 0 Å². The van der Waals surface area contributed by atoms with Gasteiger partial charge in [-0.3, -0.25) is 4.79 Å². The standard InChI is InChI=1S/C14H13NO4/c1-10(2)13(16)18-9-11(8-15)14(17)19-12-6-4-3-5-7-12/h3-7,11H,1,9H2,2H3. The fourth-order valence-electron chi connectivity index (χ4n) is 1.12. The summed E-state index contributed by atoms with van der Waals surface area (Å²) in [5.41, 5.74) is 0.202. The summed E-state index contributed by atoms with van der Waals surface area (Å²) in [6.45, 7) is 4.52. The van der Waals surface area contributed by atoms with Crippen molar-refractivity contribution in [3.8, 4) is 11.8 Å². The van der Waals surface area contributed by atoms with Crippen LogP contribution in [0.2, 0.25) is 0 Å². The zero-order valence-corrected chi connectivity index (χ0v) is 10.5. The molecule has 0 radical (unpaired) electrons. The van der Waals surface area contributed by atoms with Gasteiger partial charge in [0.15, 0.2) is 5.92 Å². The van der Waals surface area contributed by atoms with Crippen LogP contribution in [0.25, 0.3) is 0 Å². The average molecular weight is 259 g/mol. The third-order valence-corrected chi connectivity index (χ3v) is 2.13. The normalized spacial score (nSPS) is 10.9. The van der Waals surface area contributed by atoms with E-state index in [-0.39, 0.29) is 12.2 Å². The lowest BCUT2D eigenvalue weighted by atomic mass is 10.2. The van der Waals surface area contributed by atoms with Crippen molar-refractivity contribution in [1.29, 1.82) is 5.26 Å². The number of nitriles is 1. The van der Waals surface area contributed by atoms with Crippen molar-refractivity contribution in [2.45, 2.75) is 6.92 Å². The summed E-state index contributed by atoms with van der Waals surface area (Å²) in [7, 11) is 0. The summed E-state index contributed by atoms with van der Waals surface area (Å²) >= 11 is 0. The van der Waals surface area contributed by atoms with Crippen LogP contribution in [0.1, 0.15) is 6.92 Å². The molecule has 98 valence electrons. The number of rotatable bonds is 5. The average Bonchev–Trinajstić information content (AvgIpc) is 2.40. The van der Waals surface area contributed by atoms with E-state index in [2.05, 4.69) is 6.58 Å². The van der Waals surface area contributed by atoms with E-state index in [0.717, 1.165) is 0 Å². The maximum atomic E-state index is 11.7. The first-order valence-corrected chi connectivity index (χ1v) is 5.53. The summed E-state index contributed by atoms with van der Waals surface area (Å²) in [5, 5.41) is 8.86. The Kier molecular flexibility index (Phi) is 5.30. The fourth-order valence-corrected chi connectivity index (χ4v) is 1.12. The van der Waals surface area contributed by atoms with E-state index < -0.39 is 17.9 Å². The van der Waals surface area contributed by atoms with Crippen molar-refractivity contribution in [2.24, 2.45) is 5.92 Å². The molecule has 0 amide bonds. The highest BCUT2D eigenvalue weighted by atomic mass is 16.6. The maximum Gasteiger partial charge on any atom is 0.333 e. The Labute approximate surface area is 111 Å². The molecule has 5 heteroatoms. The molecule has 1 aromatic rings. The molecule has 0 saturated carbocycles. The zero-order chi connectivity index (χ0) is 14.3. The van der Waals surface area contributed by atoms with Crippen LogP contribution in [-0.2, 0) is 14.3 Å². The van der Waals surface area contributed by atoms with Crippen LogP contribution in [-0.4, -0.2) is 18.5 Å². The molecular weight excluding hydrogens is 246 g/mol. The van der Waals surface area contributed by atoms with Crippen LogP contribution >= 0.6 is 0 Å². The zero-order valence-electron chi connectivity index (χ0n) is 10.5. The lowest BCUT2D eigenvalue weighted by molar-refractivity contribution is -0.144. The van der Waals surface area contributed by atoms with Gasteiger partial charge in [0.05, 0.1) is 6.07 Å². The van der Waals surface area contributed by atoms with E-state index in [1.54, 1.807) is 36.4 Å². The van der Waals surface area contributed by atoms with E-state index in [4.69, 9.17) is 14.7 Å². The first-order chi connectivity index (χ1) is 9.04. The molecular formula is C14H13NO4. The van der Waals surface area contributed by atoms with Crippen LogP contribution in [0.15, 0.2) is 42.5 Å². The number of para-hydroxylation sites is 1. The van der Waals surface area contributed by atoms with Crippen LogP contribution < -0.4 is 4.74 Å². The van der Waals surface area contributed by atoms with Gasteiger partial charge in [0.1, 0.15) is 12.4 Å². The second-order valence-corrected chi connectivity index (χ2v) is 3.79. The molecule has 0 aliphatic rings. The van der Waals surface area contributed by atoms with Gasteiger partial charge in [0, 0.05) is 5.57 Å². The van der Waals surface area contributed by atoms with Crippen molar-refractivity contribution >= 4 is 11.9 Å². The highest BCUT2D eigenvalue weighted by Gasteiger charge is 2.22. The van der Waals surface area contributed by atoms with Crippen LogP contribution in [0.5, 0.6) is 5.75 Å². The molecule has 0 aliphatic carbocycles.